The molecule has 5 nitrogen and oxygen atoms in total. The fourth-order valence-corrected chi connectivity index (χ4v) is 3.41. The molecule has 2 aliphatic rings. The van der Waals surface area contributed by atoms with Gasteiger partial charge in [-0.25, -0.2) is 0 Å². The Kier molecular flexibility index (Phi) is 3.11. The predicted octanol–water partition coefficient (Wildman–Crippen LogP) is 0.770. The molecule has 0 spiro atoms. The van der Waals surface area contributed by atoms with Gasteiger partial charge in [0, 0.05) is 24.4 Å². The molecule has 1 saturated heterocycles. The number of carbonyl (C=O) groups is 1. The van der Waals surface area contributed by atoms with Crippen molar-refractivity contribution in [2.45, 2.75) is 31.5 Å². The third kappa shape index (κ3) is 1.97. The van der Waals surface area contributed by atoms with Crippen molar-refractivity contribution in [1.82, 2.24) is 15.2 Å². The van der Waals surface area contributed by atoms with Crippen LogP contribution in [0.2, 0.25) is 0 Å². The van der Waals surface area contributed by atoms with E-state index in [1.54, 1.807) is 6.20 Å². The number of aryl methyl sites for hydroxylation is 1. The average molecular weight is 263 g/mol. The second-order valence-corrected chi connectivity index (χ2v) is 5.76. The smallest absolute Gasteiger partial charge is 0.253 e. The molecule has 1 aromatic rings. The SMILES string of the molecule is Cc1[nH]ccc1C(=O)N[C@H]1[C@H]2CCO[C@H]2[C@@H]1N(C)C. The zero-order valence-corrected chi connectivity index (χ0v) is 11.6. The summed E-state index contributed by atoms with van der Waals surface area (Å²) in [4.78, 5) is 17.5. The molecule has 5 heteroatoms. The van der Waals surface area contributed by atoms with Crippen LogP contribution in [0.15, 0.2) is 12.3 Å². The van der Waals surface area contributed by atoms with Crippen molar-refractivity contribution < 1.29 is 9.53 Å². The van der Waals surface area contributed by atoms with Gasteiger partial charge in [0.05, 0.1) is 23.8 Å². The third-order valence-corrected chi connectivity index (χ3v) is 4.44. The second-order valence-electron chi connectivity index (χ2n) is 5.76. The maximum Gasteiger partial charge on any atom is 0.253 e. The zero-order valence-electron chi connectivity index (χ0n) is 11.6. The van der Waals surface area contributed by atoms with Gasteiger partial charge in [0.25, 0.3) is 5.91 Å². The summed E-state index contributed by atoms with van der Waals surface area (Å²) in [7, 11) is 4.09. The lowest BCUT2D eigenvalue weighted by Crippen LogP contribution is -2.69. The number of nitrogens with one attached hydrogen (secondary N) is 2. The first-order valence-corrected chi connectivity index (χ1v) is 6.82. The van der Waals surface area contributed by atoms with Crippen LogP contribution in [0.3, 0.4) is 0 Å². The maximum absolute atomic E-state index is 12.3. The highest BCUT2D eigenvalue weighted by Gasteiger charge is 2.55. The number of ether oxygens (including phenoxy) is 1. The van der Waals surface area contributed by atoms with Crippen LogP contribution in [-0.4, -0.2) is 54.7 Å². The fourth-order valence-electron chi connectivity index (χ4n) is 3.41. The van der Waals surface area contributed by atoms with Crippen molar-refractivity contribution in [3.8, 4) is 0 Å². The van der Waals surface area contributed by atoms with Crippen LogP contribution in [0, 0.1) is 12.8 Å². The molecule has 0 unspecified atom stereocenters. The van der Waals surface area contributed by atoms with Crippen LogP contribution in [0.4, 0.5) is 0 Å². The first kappa shape index (κ1) is 12.7. The van der Waals surface area contributed by atoms with Crippen molar-refractivity contribution in [3.63, 3.8) is 0 Å². The van der Waals surface area contributed by atoms with Crippen molar-refractivity contribution in [1.29, 1.82) is 0 Å². The Bertz CT molecular complexity index is 483. The third-order valence-electron chi connectivity index (χ3n) is 4.44. The Morgan fingerprint density at radius 1 is 1.53 bits per heavy atom. The minimum atomic E-state index is 0.0148. The van der Waals surface area contributed by atoms with E-state index in [1.165, 1.54) is 0 Å². The summed E-state index contributed by atoms with van der Waals surface area (Å²) >= 11 is 0. The van der Waals surface area contributed by atoms with E-state index in [0.717, 1.165) is 24.3 Å². The summed E-state index contributed by atoms with van der Waals surface area (Å²) in [6.45, 7) is 2.73. The molecule has 2 N–H and O–H groups in total. The van der Waals surface area contributed by atoms with Gasteiger partial charge in [0.2, 0.25) is 0 Å². The molecule has 2 fully saturated rings. The van der Waals surface area contributed by atoms with Crippen LogP contribution >= 0.6 is 0 Å². The van der Waals surface area contributed by atoms with Gasteiger partial charge in [-0.1, -0.05) is 0 Å². The number of rotatable bonds is 3. The number of aromatic nitrogens is 1. The molecular weight excluding hydrogens is 242 g/mol. The number of nitrogens with zero attached hydrogens (tertiary/aromatic N) is 1. The number of amides is 1. The molecule has 3 rings (SSSR count). The van der Waals surface area contributed by atoms with Crippen LogP contribution in [0.5, 0.6) is 0 Å². The Hall–Kier alpha value is -1.33. The predicted molar refractivity (Wildman–Crippen MR) is 72.1 cm³/mol. The number of H-pyrrole nitrogens is 1. The van der Waals surface area contributed by atoms with Gasteiger partial charge < -0.3 is 19.9 Å². The van der Waals surface area contributed by atoms with E-state index in [0.29, 0.717) is 5.92 Å². The lowest BCUT2D eigenvalue weighted by Gasteiger charge is -2.50. The molecule has 1 aliphatic carbocycles. The fraction of sp³-hybridized carbons (Fsp3) is 0.643. The minimum absolute atomic E-state index is 0.0148. The van der Waals surface area contributed by atoms with E-state index < -0.39 is 0 Å². The van der Waals surface area contributed by atoms with Gasteiger partial charge in [-0.05, 0) is 33.5 Å². The highest BCUT2D eigenvalue weighted by atomic mass is 16.5. The number of hydrogen-bond donors (Lipinski definition) is 2. The Morgan fingerprint density at radius 2 is 2.32 bits per heavy atom. The number of fused-ring (bicyclic) bond motifs is 1. The number of hydrogen-bond acceptors (Lipinski definition) is 3. The number of aromatic amines is 1. The van der Waals surface area contributed by atoms with Gasteiger partial charge in [0.1, 0.15) is 0 Å². The maximum atomic E-state index is 12.3. The number of carbonyl (C=O) groups excluding carboxylic acids is 1. The molecular formula is C14H21N3O2. The second kappa shape index (κ2) is 4.65. The van der Waals surface area contributed by atoms with E-state index >= 15 is 0 Å². The molecule has 1 amide bonds. The van der Waals surface area contributed by atoms with Crippen molar-refractivity contribution in [2.24, 2.45) is 5.92 Å². The van der Waals surface area contributed by atoms with Gasteiger partial charge >= 0.3 is 0 Å². The molecule has 19 heavy (non-hydrogen) atoms. The molecule has 0 radical (unpaired) electrons. The van der Waals surface area contributed by atoms with Crippen molar-refractivity contribution in [3.05, 3.63) is 23.5 Å². The molecule has 1 aromatic heterocycles. The summed E-state index contributed by atoms with van der Waals surface area (Å²) in [5, 5.41) is 3.18. The monoisotopic (exact) mass is 263 g/mol. The normalized spacial score (nSPS) is 33.1. The molecule has 1 aliphatic heterocycles. The molecule has 104 valence electrons. The van der Waals surface area contributed by atoms with E-state index in [-0.39, 0.29) is 24.1 Å². The molecule has 4 atom stereocenters. The van der Waals surface area contributed by atoms with Crippen LogP contribution in [0.25, 0.3) is 0 Å². The van der Waals surface area contributed by atoms with Crippen LogP contribution in [0.1, 0.15) is 22.5 Å². The van der Waals surface area contributed by atoms with Crippen LogP contribution in [-0.2, 0) is 4.74 Å². The lowest BCUT2D eigenvalue weighted by molar-refractivity contribution is -0.0664. The summed E-state index contributed by atoms with van der Waals surface area (Å²) in [6.07, 6.45) is 3.13. The lowest BCUT2D eigenvalue weighted by atomic mass is 9.71. The minimum Gasteiger partial charge on any atom is -0.376 e. The molecule has 2 heterocycles. The van der Waals surface area contributed by atoms with Crippen LogP contribution < -0.4 is 5.32 Å². The van der Waals surface area contributed by atoms with E-state index in [4.69, 9.17) is 4.74 Å². The quantitative estimate of drug-likeness (QED) is 0.847. The largest absolute Gasteiger partial charge is 0.376 e. The number of likely N-dealkylation sites (N-methyl/N-ethyl adjacent to an activating group) is 1. The highest BCUT2D eigenvalue weighted by molar-refractivity contribution is 5.95. The summed E-state index contributed by atoms with van der Waals surface area (Å²) < 4.78 is 5.75. The van der Waals surface area contributed by atoms with Gasteiger partial charge in [-0.2, -0.15) is 0 Å². The Balaban J connectivity index is 1.72. The Morgan fingerprint density at radius 3 is 2.95 bits per heavy atom. The van der Waals surface area contributed by atoms with Gasteiger partial charge in [0.15, 0.2) is 0 Å². The Labute approximate surface area is 113 Å². The first-order chi connectivity index (χ1) is 9.09. The van der Waals surface area contributed by atoms with Crippen molar-refractivity contribution in [2.75, 3.05) is 20.7 Å². The topological polar surface area (TPSA) is 57.4 Å². The zero-order chi connectivity index (χ0) is 13.6. The van der Waals surface area contributed by atoms with Gasteiger partial charge in [-0.3, -0.25) is 4.79 Å². The van der Waals surface area contributed by atoms with Gasteiger partial charge in [-0.15, -0.1) is 0 Å². The molecule has 1 saturated carbocycles. The van der Waals surface area contributed by atoms with E-state index in [2.05, 4.69) is 15.2 Å². The van der Waals surface area contributed by atoms with E-state index in [1.807, 2.05) is 27.1 Å². The highest BCUT2D eigenvalue weighted by Crippen LogP contribution is 2.41. The summed E-state index contributed by atoms with van der Waals surface area (Å²) in [5.41, 5.74) is 1.65. The van der Waals surface area contributed by atoms with E-state index in [9.17, 15) is 4.79 Å². The average Bonchev–Trinajstić information content (AvgIpc) is 2.92. The summed E-state index contributed by atoms with van der Waals surface area (Å²) in [6, 6.07) is 2.32. The molecule has 0 bridgehead atoms. The first-order valence-electron chi connectivity index (χ1n) is 6.82. The summed E-state index contributed by atoms with van der Waals surface area (Å²) in [5.74, 6) is 0.483. The molecule has 0 aromatic carbocycles. The standard InChI is InChI=1S/C14H21N3O2/c1-8-9(4-6-15-8)14(18)16-11-10-5-7-19-13(10)12(11)17(2)3/h4,6,10-13,15H,5,7H2,1-3H3,(H,16,18)/t10-,11+,12-,13-/m1/s1. The van der Waals surface area contributed by atoms with Crippen molar-refractivity contribution >= 4 is 5.91 Å².